The number of amides is 1. The van der Waals surface area contributed by atoms with E-state index in [1.54, 1.807) is 0 Å². The van der Waals surface area contributed by atoms with E-state index in [0.717, 1.165) is 31.7 Å². The van der Waals surface area contributed by atoms with Crippen LogP contribution in [0.5, 0.6) is 0 Å². The summed E-state index contributed by atoms with van der Waals surface area (Å²) in [5.41, 5.74) is -0.421. The molecule has 1 aromatic carbocycles. The monoisotopic (exact) mass is 356 g/mol. The first-order chi connectivity index (χ1) is 11.3. The summed E-state index contributed by atoms with van der Waals surface area (Å²) in [6.45, 7) is 3.52. The van der Waals surface area contributed by atoms with Gasteiger partial charge in [0.25, 0.3) is 11.6 Å². The molecule has 0 heterocycles. The van der Waals surface area contributed by atoms with Crippen LogP contribution in [0.4, 0.5) is 5.69 Å². The van der Waals surface area contributed by atoms with E-state index in [1.165, 1.54) is 12.1 Å². The van der Waals surface area contributed by atoms with Gasteiger partial charge in [-0.2, -0.15) is 0 Å². The Kier molecular flexibility index (Phi) is 8.18. The van der Waals surface area contributed by atoms with Gasteiger partial charge in [0.05, 0.1) is 15.5 Å². The van der Waals surface area contributed by atoms with Crippen LogP contribution in [0.3, 0.4) is 0 Å². The van der Waals surface area contributed by atoms with Gasteiger partial charge >= 0.3 is 5.97 Å². The van der Waals surface area contributed by atoms with Crippen LogP contribution in [0.1, 0.15) is 49.9 Å². The third kappa shape index (κ3) is 6.54. The SMILES string of the molecule is CCCCC[C@@H](C)NC(=O)COC(=O)c1cc([N+](=O)[O-])ccc1Cl. The van der Waals surface area contributed by atoms with Gasteiger partial charge in [0, 0.05) is 18.2 Å². The second kappa shape index (κ2) is 9.87. The van der Waals surface area contributed by atoms with Crippen LogP contribution in [0, 0.1) is 10.1 Å². The van der Waals surface area contributed by atoms with Crippen molar-refractivity contribution in [2.75, 3.05) is 6.61 Å². The molecule has 0 aromatic heterocycles. The molecule has 0 aliphatic carbocycles. The number of benzene rings is 1. The number of esters is 1. The van der Waals surface area contributed by atoms with E-state index in [4.69, 9.17) is 16.3 Å². The Morgan fingerprint density at radius 1 is 1.38 bits per heavy atom. The molecule has 1 amide bonds. The van der Waals surface area contributed by atoms with Crippen molar-refractivity contribution in [3.63, 3.8) is 0 Å². The van der Waals surface area contributed by atoms with Crippen molar-refractivity contribution in [3.8, 4) is 0 Å². The van der Waals surface area contributed by atoms with Gasteiger partial charge < -0.3 is 10.1 Å². The van der Waals surface area contributed by atoms with Crippen LogP contribution in [-0.4, -0.2) is 29.4 Å². The fourth-order valence-corrected chi connectivity index (χ4v) is 2.28. The summed E-state index contributed by atoms with van der Waals surface area (Å²) in [4.78, 5) is 33.8. The number of ether oxygens (including phenoxy) is 1. The van der Waals surface area contributed by atoms with E-state index in [1.807, 2.05) is 6.92 Å². The van der Waals surface area contributed by atoms with Crippen molar-refractivity contribution in [2.24, 2.45) is 0 Å². The van der Waals surface area contributed by atoms with Gasteiger partial charge in [-0.15, -0.1) is 0 Å². The first kappa shape index (κ1) is 19.9. The number of carbonyl (C=O) groups excluding carboxylic acids is 2. The van der Waals surface area contributed by atoms with E-state index in [2.05, 4.69) is 12.2 Å². The number of carbonyl (C=O) groups is 2. The highest BCUT2D eigenvalue weighted by atomic mass is 35.5. The summed E-state index contributed by atoms with van der Waals surface area (Å²) in [5, 5.41) is 13.5. The summed E-state index contributed by atoms with van der Waals surface area (Å²) < 4.78 is 4.87. The average molecular weight is 357 g/mol. The van der Waals surface area contributed by atoms with Crippen LogP contribution in [0.15, 0.2) is 18.2 Å². The maximum atomic E-state index is 11.9. The van der Waals surface area contributed by atoms with Crippen LogP contribution in [0.2, 0.25) is 5.02 Å². The Morgan fingerprint density at radius 3 is 2.71 bits per heavy atom. The van der Waals surface area contributed by atoms with Crippen LogP contribution in [-0.2, 0) is 9.53 Å². The minimum atomic E-state index is -0.877. The van der Waals surface area contributed by atoms with E-state index in [9.17, 15) is 19.7 Å². The topological polar surface area (TPSA) is 98.5 Å². The largest absolute Gasteiger partial charge is 0.452 e. The van der Waals surface area contributed by atoms with Gasteiger partial charge in [0.2, 0.25) is 0 Å². The smallest absolute Gasteiger partial charge is 0.340 e. The summed E-state index contributed by atoms with van der Waals surface area (Å²) in [6, 6.07) is 3.44. The lowest BCUT2D eigenvalue weighted by molar-refractivity contribution is -0.384. The highest BCUT2D eigenvalue weighted by Gasteiger charge is 2.18. The number of non-ortho nitro benzene ring substituents is 1. The van der Waals surface area contributed by atoms with Crippen molar-refractivity contribution < 1.29 is 19.2 Å². The van der Waals surface area contributed by atoms with Gasteiger partial charge in [0.15, 0.2) is 6.61 Å². The Balaban J connectivity index is 2.52. The summed E-state index contributed by atoms with van der Waals surface area (Å²) in [6.07, 6.45) is 4.06. The van der Waals surface area contributed by atoms with Crippen LogP contribution >= 0.6 is 11.6 Å². The lowest BCUT2D eigenvalue weighted by Crippen LogP contribution is -2.35. The molecule has 0 aliphatic rings. The van der Waals surface area contributed by atoms with Crippen LogP contribution in [0.25, 0.3) is 0 Å². The minimum absolute atomic E-state index is 0.0100. The summed E-state index contributed by atoms with van der Waals surface area (Å²) in [5.74, 6) is -1.30. The minimum Gasteiger partial charge on any atom is -0.452 e. The van der Waals surface area contributed by atoms with Gasteiger partial charge in [-0.3, -0.25) is 14.9 Å². The first-order valence-corrected chi connectivity index (χ1v) is 8.13. The molecule has 0 radical (unpaired) electrons. The molecule has 1 N–H and O–H groups in total. The zero-order valence-electron chi connectivity index (χ0n) is 13.7. The number of nitro benzene ring substituents is 1. The highest BCUT2D eigenvalue weighted by molar-refractivity contribution is 6.33. The molecular formula is C16H21ClN2O5. The predicted molar refractivity (Wildman–Crippen MR) is 90.1 cm³/mol. The molecule has 0 saturated carbocycles. The molecule has 1 atom stereocenters. The number of rotatable bonds is 9. The van der Waals surface area contributed by atoms with Crippen molar-refractivity contribution in [2.45, 2.75) is 45.6 Å². The lowest BCUT2D eigenvalue weighted by Gasteiger charge is -2.13. The molecule has 0 saturated heterocycles. The molecule has 0 fully saturated rings. The average Bonchev–Trinajstić information content (AvgIpc) is 2.53. The summed E-state index contributed by atoms with van der Waals surface area (Å²) in [7, 11) is 0. The fraction of sp³-hybridized carbons (Fsp3) is 0.500. The van der Waals surface area contributed by atoms with Crippen molar-refractivity contribution in [1.82, 2.24) is 5.32 Å². The molecule has 24 heavy (non-hydrogen) atoms. The number of unbranched alkanes of at least 4 members (excludes halogenated alkanes) is 2. The molecule has 1 aromatic rings. The zero-order valence-corrected chi connectivity index (χ0v) is 14.5. The predicted octanol–water partition coefficient (Wildman–Crippen LogP) is 3.49. The van der Waals surface area contributed by atoms with E-state index in [0.29, 0.717) is 0 Å². The Bertz CT molecular complexity index is 606. The van der Waals surface area contributed by atoms with Crippen molar-refractivity contribution >= 4 is 29.2 Å². The third-order valence-electron chi connectivity index (χ3n) is 3.36. The Labute approximate surface area is 145 Å². The second-order valence-corrected chi connectivity index (χ2v) is 5.87. The van der Waals surface area contributed by atoms with E-state index in [-0.39, 0.29) is 22.3 Å². The number of nitrogens with one attached hydrogen (secondary N) is 1. The van der Waals surface area contributed by atoms with Crippen LogP contribution < -0.4 is 5.32 Å². The molecule has 0 spiro atoms. The number of hydrogen-bond acceptors (Lipinski definition) is 5. The van der Waals surface area contributed by atoms with E-state index < -0.39 is 23.4 Å². The third-order valence-corrected chi connectivity index (χ3v) is 3.69. The standard InChI is InChI=1S/C16H21ClN2O5/c1-3-4-5-6-11(2)18-15(20)10-24-16(21)13-9-12(19(22)23)7-8-14(13)17/h7-9,11H,3-6,10H2,1-2H3,(H,18,20)/t11-/m1/s1. The molecule has 7 nitrogen and oxygen atoms in total. The Morgan fingerprint density at radius 2 is 2.08 bits per heavy atom. The maximum absolute atomic E-state index is 11.9. The molecule has 132 valence electrons. The molecule has 8 heteroatoms. The Hall–Kier alpha value is -2.15. The van der Waals surface area contributed by atoms with Gasteiger partial charge in [-0.05, 0) is 19.4 Å². The quantitative estimate of drug-likeness (QED) is 0.316. The van der Waals surface area contributed by atoms with Gasteiger partial charge in [-0.25, -0.2) is 4.79 Å². The number of nitro groups is 1. The summed E-state index contributed by atoms with van der Waals surface area (Å²) >= 11 is 5.84. The molecule has 1 rings (SSSR count). The van der Waals surface area contributed by atoms with Crippen molar-refractivity contribution in [1.29, 1.82) is 0 Å². The number of hydrogen-bond donors (Lipinski definition) is 1. The molecule has 0 bridgehead atoms. The normalized spacial score (nSPS) is 11.6. The fourth-order valence-electron chi connectivity index (χ4n) is 2.08. The molecule has 0 unspecified atom stereocenters. The first-order valence-electron chi connectivity index (χ1n) is 7.75. The maximum Gasteiger partial charge on any atom is 0.340 e. The number of nitrogens with zero attached hydrogens (tertiary/aromatic N) is 1. The number of halogens is 1. The second-order valence-electron chi connectivity index (χ2n) is 5.46. The van der Waals surface area contributed by atoms with Crippen molar-refractivity contribution in [3.05, 3.63) is 38.9 Å². The molecular weight excluding hydrogens is 336 g/mol. The lowest BCUT2D eigenvalue weighted by atomic mass is 10.1. The van der Waals surface area contributed by atoms with Gasteiger partial charge in [-0.1, -0.05) is 37.8 Å². The van der Waals surface area contributed by atoms with Gasteiger partial charge in [0.1, 0.15) is 0 Å². The molecule has 0 aliphatic heterocycles. The highest BCUT2D eigenvalue weighted by Crippen LogP contribution is 2.22. The van der Waals surface area contributed by atoms with E-state index >= 15 is 0 Å². The zero-order chi connectivity index (χ0) is 18.1.